The predicted molar refractivity (Wildman–Crippen MR) is 278 cm³/mol. The van der Waals surface area contributed by atoms with Crippen molar-refractivity contribution in [3.63, 3.8) is 0 Å². The van der Waals surface area contributed by atoms with E-state index in [1.54, 1.807) is 36.5 Å². The number of hydrogen-bond donors (Lipinski definition) is 15. The SMILES string of the molecule is CC(=O)N[C@@H](CCCCN)C(=O)N[C@H]1CC(=O)NCCCC[C@@H](C(N)=O)NC(=O)[C@H](Cc2c[nH]c3ccccc23)NC(O)[C@H](CCCN=C(N)N)NC(=O)[C@@H](Cc2ccccc2)NC(=O)[C@H](Cc2cnc[nH]2)NC1=O. The summed E-state index contributed by atoms with van der Waals surface area (Å²) in [6.07, 6.45) is 4.05. The number of aliphatic hydroxyl groups excluding tert-OH is 1. The van der Waals surface area contributed by atoms with Crippen LogP contribution < -0.4 is 65.5 Å². The van der Waals surface area contributed by atoms with Gasteiger partial charge in [-0.2, -0.15) is 0 Å². The van der Waals surface area contributed by atoms with E-state index in [0.717, 1.165) is 10.9 Å². The largest absolute Gasteiger partial charge is 0.376 e. The molecule has 0 radical (unpaired) electrons. The minimum absolute atomic E-state index is 0.00114. The number of rotatable bonds is 18. The highest BCUT2D eigenvalue weighted by Crippen LogP contribution is 2.20. The second-order valence-electron chi connectivity index (χ2n) is 18.5. The van der Waals surface area contributed by atoms with E-state index >= 15 is 0 Å². The highest BCUT2D eigenvalue weighted by Gasteiger charge is 2.35. The van der Waals surface area contributed by atoms with Crippen molar-refractivity contribution in [2.24, 2.45) is 27.9 Å². The molecule has 8 atom stereocenters. The Balaban J connectivity index is 1.55. The number of aliphatic hydroxyl groups is 1. The third-order valence-corrected chi connectivity index (χ3v) is 12.6. The quantitative estimate of drug-likeness (QED) is 0.0278. The molecule has 1 aliphatic heterocycles. The fourth-order valence-electron chi connectivity index (χ4n) is 8.62. The zero-order valence-corrected chi connectivity index (χ0v) is 42.1. The van der Waals surface area contributed by atoms with Gasteiger partial charge >= 0.3 is 0 Å². The van der Waals surface area contributed by atoms with Gasteiger partial charge in [0.05, 0.1) is 24.8 Å². The second kappa shape index (κ2) is 29.7. The molecular weight excluding hydrogens is 969 g/mol. The van der Waals surface area contributed by atoms with Crippen molar-refractivity contribution >= 4 is 64.1 Å². The fraction of sp³-hybridized carbons (Fsp3) is 0.480. The molecule has 2 aromatic heterocycles. The van der Waals surface area contributed by atoms with Crippen LogP contribution >= 0.6 is 0 Å². The lowest BCUT2D eigenvalue weighted by Crippen LogP contribution is -2.62. The lowest BCUT2D eigenvalue weighted by molar-refractivity contribution is -0.136. The van der Waals surface area contributed by atoms with E-state index in [9.17, 15) is 43.5 Å². The highest BCUT2D eigenvalue weighted by atomic mass is 16.3. The Kier molecular flexibility index (Phi) is 23.0. The summed E-state index contributed by atoms with van der Waals surface area (Å²) in [4.78, 5) is 125. The number of H-pyrrole nitrogens is 2. The molecule has 0 aliphatic carbocycles. The number of nitrogens with one attached hydrogen (secondary N) is 10. The lowest BCUT2D eigenvalue weighted by atomic mass is 10.0. The monoisotopic (exact) mass is 1040 g/mol. The molecule has 4 aromatic rings. The number of fused-ring (bicyclic) bond motifs is 1. The van der Waals surface area contributed by atoms with Crippen molar-refractivity contribution in [3.8, 4) is 0 Å². The molecule has 19 N–H and O–H groups in total. The van der Waals surface area contributed by atoms with Crippen LogP contribution in [0.2, 0.25) is 0 Å². The van der Waals surface area contributed by atoms with Crippen molar-refractivity contribution in [1.82, 2.24) is 57.5 Å². The van der Waals surface area contributed by atoms with Crippen LogP contribution in [0.3, 0.4) is 0 Å². The molecule has 406 valence electrons. The van der Waals surface area contributed by atoms with Gasteiger partial charge < -0.3 is 75.2 Å². The first kappa shape index (κ1) is 58.0. The van der Waals surface area contributed by atoms with E-state index in [1.165, 1.54) is 19.4 Å². The average Bonchev–Trinajstić information content (AvgIpc) is 4.05. The van der Waals surface area contributed by atoms with Gasteiger partial charge in [-0.05, 0) is 81.5 Å². The number of para-hydroxylation sites is 1. The Hall–Kier alpha value is -7.90. The van der Waals surface area contributed by atoms with E-state index in [0.29, 0.717) is 36.2 Å². The van der Waals surface area contributed by atoms with Gasteiger partial charge in [0, 0.05) is 61.8 Å². The molecule has 75 heavy (non-hydrogen) atoms. The molecule has 1 saturated heterocycles. The average molecular weight is 1040 g/mol. The second-order valence-corrected chi connectivity index (χ2v) is 18.5. The first-order valence-electron chi connectivity index (χ1n) is 25.1. The third-order valence-electron chi connectivity index (χ3n) is 12.6. The number of unbranched alkanes of at least 4 members (excludes halogenated alkanes) is 1. The molecular formula is C50H72N16O9. The number of hydrogen-bond acceptors (Lipinski definition) is 13. The first-order chi connectivity index (χ1) is 36.0. The van der Waals surface area contributed by atoms with E-state index in [2.05, 4.69) is 62.5 Å². The first-order valence-corrected chi connectivity index (χ1v) is 25.1. The number of primary amides is 1. The molecule has 2 aromatic carbocycles. The molecule has 25 heteroatoms. The Morgan fingerprint density at radius 3 is 2.23 bits per heavy atom. The van der Waals surface area contributed by atoms with Crippen molar-refractivity contribution < 1.29 is 43.5 Å². The maximum Gasteiger partial charge on any atom is 0.243 e. The Morgan fingerprint density at radius 1 is 0.813 bits per heavy atom. The van der Waals surface area contributed by atoms with Crippen LogP contribution in [0.5, 0.6) is 0 Å². The summed E-state index contributed by atoms with van der Waals surface area (Å²) in [5, 5.41) is 34.8. The number of aromatic nitrogens is 3. The number of carbonyl (C=O) groups is 8. The van der Waals surface area contributed by atoms with Gasteiger partial charge in [-0.15, -0.1) is 0 Å². The summed E-state index contributed by atoms with van der Waals surface area (Å²) in [6, 6.07) is 7.07. The number of carbonyl (C=O) groups excluding carboxylic acids is 8. The molecule has 3 heterocycles. The van der Waals surface area contributed by atoms with Crippen molar-refractivity contribution in [2.75, 3.05) is 19.6 Å². The Bertz CT molecular complexity index is 2550. The number of guanidine groups is 1. The van der Waals surface area contributed by atoms with E-state index < -0.39 is 102 Å². The Morgan fingerprint density at radius 2 is 1.52 bits per heavy atom. The molecule has 0 spiro atoms. The number of benzene rings is 2. The van der Waals surface area contributed by atoms with Crippen molar-refractivity contribution in [1.29, 1.82) is 0 Å². The number of aromatic amines is 2. The van der Waals surface area contributed by atoms with E-state index in [1.807, 2.05) is 24.3 Å². The van der Waals surface area contributed by atoms with Gasteiger partial charge in [0.25, 0.3) is 0 Å². The number of nitrogens with two attached hydrogens (primary N) is 4. The van der Waals surface area contributed by atoms with Crippen LogP contribution in [0.15, 0.2) is 78.3 Å². The van der Waals surface area contributed by atoms with Gasteiger partial charge in [-0.25, -0.2) is 4.98 Å². The maximum absolute atomic E-state index is 14.7. The normalized spacial score (nSPS) is 22.3. The van der Waals surface area contributed by atoms with Crippen LogP contribution in [-0.2, 0) is 57.6 Å². The van der Waals surface area contributed by atoms with Crippen LogP contribution in [-0.4, -0.2) is 141 Å². The molecule has 1 unspecified atom stereocenters. The van der Waals surface area contributed by atoms with Crippen LogP contribution in [0, 0.1) is 0 Å². The van der Waals surface area contributed by atoms with Gasteiger partial charge in [0.1, 0.15) is 36.4 Å². The zero-order valence-electron chi connectivity index (χ0n) is 42.1. The highest BCUT2D eigenvalue weighted by molar-refractivity contribution is 5.97. The van der Waals surface area contributed by atoms with Crippen LogP contribution in [0.25, 0.3) is 10.9 Å². The molecule has 1 aliphatic rings. The van der Waals surface area contributed by atoms with Gasteiger partial charge in [0.15, 0.2) is 5.96 Å². The number of amides is 8. The van der Waals surface area contributed by atoms with Crippen LogP contribution in [0.4, 0.5) is 0 Å². The van der Waals surface area contributed by atoms with Gasteiger partial charge in [-0.1, -0.05) is 48.5 Å². The summed E-state index contributed by atoms with van der Waals surface area (Å²) < 4.78 is 0. The summed E-state index contributed by atoms with van der Waals surface area (Å²) in [5.74, 6) is -6.21. The van der Waals surface area contributed by atoms with E-state index in [4.69, 9.17) is 22.9 Å². The number of nitrogens with zero attached hydrogens (tertiary/aromatic N) is 2. The molecule has 5 rings (SSSR count). The molecule has 0 bridgehead atoms. The maximum atomic E-state index is 14.7. The van der Waals surface area contributed by atoms with Gasteiger partial charge in [0.2, 0.25) is 47.3 Å². The number of aliphatic imine (C=N–C) groups is 1. The smallest absolute Gasteiger partial charge is 0.243 e. The standard InChI is InChI=1S/C50H72N16O9/c1-29(67)60-36(17-7-9-19-51)44(70)66-41-25-42(68)56-20-10-8-16-35(43(52)69)61-47(73)39(23-31-26-58-34-15-6-5-14-33(31)34)64-45(71)37(18-11-21-57-50(53)54)62-46(72)38(22-30-12-3-2-4-13-30)63-48(74)40(65-49(41)75)24-32-27-55-28-59-32/h2-6,12-15,26-28,35-41,45,58,64,71H,7-11,16-25,51H2,1H3,(H2,52,69)(H,55,59)(H,56,68)(H,60,67)(H,61,73)(H,62,72)(H,63,74)(H,65,75)(H,66,70)(H4,53,54,57)/t35-,36-,37-,38+,39-,40-,41-,45?/m0/s1. The molecule has 0 saturated carbocycles. The molecule has 25 nitrogen and oxygen atoms in total. The summed E-state index contributed by atoms with van der Waals surface area (Å²) in [7, 11) is 0. The minimum atomic E-state index is -1.65. The lowest BCUT2D eigenvalue weighted by Gasteiger charge is -2.31. The topological polar surface area (TPSA) is 414 Å². The summed E-state index contributed by atoms with van der Waals surface area (Å²) >= 11 is 0. The zero-order chi connectivity index (χ0) is 54.3. The molecule has 1 fully saturated rings. The fourth-order valence-corrected chi connectivity index (χ4v) is 8.62. The Labute approximate surface area is 434 Å². The van der Waals surface area contributed by atoms with Crippen molar-refractivity contribution in [2.45, 2.75) is 132 Å². The van der Waals surface area contributed by atoms with Crippen molar-refractivity contribution in [3.05, 3.63) is 90.1 Å². The molecule has 8 amide bonds. The summed E-state index contributed by atoms with van der Waals surface area (Å²) in [5.41, 5.74) is 25.2. The predicted octanol–water partition coefficient (Wildman–Crippen LogP) is -2.52. The summed E-state index contributed by atoms with van der Waals surface area (Å²) in [6.45, 7) is 1.71. The van der Waals surface area contributed by atoms with Gasteiger partial charge in [-0.3, -0.25) is 48.7 Å². The van der Waals surface area contributed by atoms with E-state index in [-0.39, 0.29) is 76.8 Å². The third kappa shape index (κ3) is 19.1. The number of imidazole rings is 1. The minimum Gasteiger partial charge on any atom is -0.376 e. The van der Waals surface area contributed by atoms with Crippen LogP contribution in [0.1, 0.15) is 81.5 Å².